The maximum atomic E-state index is 13.4. The first-order valence-electron chi connectivity index (χ1n) is 8.22. The van der Waals surface area contributed by atoms with E-state index in [2.05, 4.69) is 4.74 Å². The number of fused-ring (bicyclic) bond motifs is 2. The van der Waals surface area contributed by atoms with E-state index < -0.39 is 55.9 Å². The Labute approximate surface area is 160 Å². The van der Waals surface area contributed by atoms with Crippen molar-refractivity contribution in [1.82, 2.24) is 0 Å². The van der Waals surface area contributed by atoms with Gasteiger partial charge in [0.05, 0.1) is 17.1 Å². The minimum absolute atomic E-state index is 0.152. The summed E-state index contributed by atoms with van der Waals surface area (Å²) in [4.78, 5) is 12.3. The summed E-state index contributed by atoms with van der Waals surface area (Å²) in [7, 11) is -5.98. The number of hydrogen-bond acceptors (Lipinski definition) is 8. The van der Waals surface area contributed by atoms with E-state index in [0.717, 1.165) is 0 Å². The lowest BCUT2D eigenvalue weighted by atomic mass is 9.63. The zero-order valence-electron chi connectivity index (χ0n) is 15.2. The minimum Gasteiger partial charge on any atom is -0.428 e. The van der Waals surface area contributed by atoms with Gasteiger partial charge in [0.2, 0.25) is 0 Å². The first-order valence-corrected chi connectivity index (χ1v) is 10.6. The van der Waals surface area contributed by atoms with Gasteiger partial charge in [0, 0.05) is 22.3 Å². The van der Waals surface area contributed by atoms with Crippen molar-refractivity contribution in [1.29, 1.82) is 0 Å². The summed E-state index contributed by atoms with van der Waals surface area (Å²) in [6, 6.07) is 0. The van der Waals surface area contributed by atoms with Crippen LogP contribution in [-0.4, -0.2) is 67.5 Å². The zero-order chi connectivity index (χ0) is 21.2. The Morgan fingerprint density at radius 1 is 1.15 bits per heavy atom. The molecule has 8 nitrogen and oxygen atoms in total. The molecular formula is C15H24F2O8S2. The fourth-order valence-corrected chi connectivity index (χ4v) is 6.88. The van der Waals surface area contributed by atoms with Crippen LogP contribution in [-0.2, 0) is 19.6 Å². The topological polar surface area (TPSA) is 141 Å². The van der Waals surface area contributed by atoms with Gasteiger partial charge in [-0.1, -0.05) is 0 Å². The number of aliphatic hydroxyl groups excluding tert-OH is 1. The van der Waals surface area contributed by atoms with Crippen molar-refractivity contribution >= 4 is 27.8 Å². The molecule has 0 aromatic carbocycles. The molecule has 4 N–H and O–H groups in total. The Balaban J connectivity index is 2.22. The smallest absolute Gasteiger partial charge is 0.428 e. The average molecular weight is 434 g/mol. The van der Waals surface area contributed by atoms with Crippen LogP contribution in [0.2, 0.25) is 0 Å². The number of carbonyl (C=O) groups is 1. The van der Waals surface area contributed by atoms with E-state index in [-0.39, 0.29) is 17.6 Å². The van der Waals surface area contributed by atoms with Gasteiger partial charge in [-0.3, -0.25) is 9.35 Å². The molecule has 27 heavy (non-hydrogen) atoms. The number of hydrogen-bond donors (Lipinski definition) is 4. The predicted molar refractivity (Wildman–Crippen MR) is 91.4 cm³/mol. The fourth-order valence-electron chi connectivity index (χ4n) is 4.10. The monoisotopic (exact) mass is 434 g/mol. The second-order valence-electron chi connectivity index (χ2n) is 8.17. The number of alkyl halides is 2. The normalized spacial score (nSPS) is 33.2. The van der Waals surface area contributed by atoms with Crippen molar-refractivity contribution in [2.45, 2.75) is 67.4 Å². The molecule has 2 aliphatic rings. The molecule has 2 heterocycles. The molecule has 2 saturated heterocycles. The van der Waals surface area contributed by atoms with E-state index in [1.165, 1.54) is 25.6 Å². The number of thioether (sulfide) groups is 1. The lowest BCUT2D eigenvalue weighted by Gasteiger charge is -2.45. The molecule has 5 unspecified atom stereocenters. The van der Waals surface area contributed by atoms with Gasteiger partial charge in [0.15, 0.2) is 0 Å². The third-order valence-corrected chi connectivity index (χ3v) is 7.81. The van der Waals surface area contributed by atoms with E-state index in [9.17, 15) is 37.3 Å². The lowest BCUT2D eigenvalue weighted by molar-refractivity contribution is -0.211. The van der Waals surface area contributed by atoms with Gasteiger partial charge in [-0.05, 0) is 34.1 Å². The van der Waals surface area contributed by atoms with Crippen molar-refractivity contribution in [2.24, 2.45) is 17.8 Å². The van der Waals surface area contributed by atoms with Crippen LogP contribution in [0.15, 0.2) is 0 Å². The SMILES string of the molecule is CC(C)(O)C1C2S[C@H](CC2C(=O)OC(O)C(F)(F)S(=O)(=O)O)C1C(C)(C)O. The molecule has 0 aromatic rings. The van der Waals surface area contributed by atoms with Crippen molar-refractivity contribution < 1.29 is 46.6 Å². The predicted octanol–water partition coefficient (Wildman–Crippen LogP) is 0.607. The van der Waals surface area contributed by atoms with E-state index >= 15 is 0 Å². The number of rotatable bonds is 6. The number of carbonyl (C=O) groups excluding carboxylic acids is 1. The van der Waals surface area contributed by atoms with E-state index in [0.29, 0.717) is 0 Å². The van der Waals surface area contributed by atoms with Crippen molar-refractivity contribution in [3.05, 3.63) is 0 Å². The molecule has 0 saturated carbocycles. The second kappa shape index (κ2) is 6.77. The molecule has 0 spiro atoms. The van der Waals surface area contributed by atoms with Crippen LogP contribution in [0.1, 0.15) is 34.1 Å². The van der Waals surface area contributed by atoms with E-state index in [1.54, 1.807) is 13.8 Å². The Bertz CT molecular complexity index is 698. The molecule has 0 radical (unpaired) electrons. The second-order valence-corrected chi connectivity index (χ2v) is 11.1. The van der Waals surface area contributed by atoms with Crippen LogP contribution in [0.5, 0.6) is 0 Å². The molecule has 0 aromatic heterocycles. The Morgan fingerprint density at radius 2 is 1.63 bits per heavy atom. The molecule has 2 aliphatic heterocycles. The van der Waals surface area contributed by atoms with E-state index in [1.807, 2.05) is 0 Å². The number of ether oxygens (including phenoxy) is 1. The van der Waals surface area contributed by atoms with Gasteiger partial charge >= 0.3 is 21.3 Å². The van der Waals surface area contributed by atoms with Gasteiger partial charge in [-0.2, -0.15) is 29.0 Å². The molecular weight excluding hydrogens is 410 g/mol. The highest BCUT2D eigenvalue weighted by Crippen LogP contribution is 2.61. The van der Waals surface area contributed by atoms with Crippen LogP contribution < -0.4 is 0 Å². The summed E-state index contributed by atoms with van der Waals surface area (Å²) in [6.07, 6.45) is -3.21. The number of aliphatic hydroxyl groups is 3. The van der Waals surface area contributed by atoms with Gasteiger partial charge in [0.25, 0.3) is 6.29 Å². The van der Waals surface area contributed by atoms with Crippen LogP contribution in [0, 0.1) is 17.8 Å². The molecule has 2 rings (SSSR count). The highest BCUT2D eigenvalue weighted by atomic mass is 32.2. The van der Waals surface area contributed by atoms with Gasteiger partial charge in [-0.25, -0.2) is 0 Å². The van der Waals surface area contributed by atoms with Gasteiger partial charge < -0.3 is 20.1 Å². The van der Waals surface area contributed by atoms with Crippen LogP contribution in [0.4, 0.5) is 8.78 Å². The van der Waals surface area contributed by atoms with Crippen LogP contribution in [0.25, 0.3) is 0 Å². The Kier molecular flexibility index (Phi) is 5.70. The van der Waals surface area contributed by atoms with Gasteiger partial charge in [0.1, 0.15) is 0 Å². The quantitative estimate of drug-likeness (QED) is 0.269. The largest absolute Gasteiger partial charge is 0.430 e. The van der Waals surface area contributed by atoms with Crippen molar-refractivity contribution in [3.8, 4) is 0 Å². The summed E-state index contributed by atoms with van der Waals surface area (Å²) in [6.45, 7) is 6.20. The molecule has 2 fully saturated rings. The van der Waals surface area contributed by atoms with Crippen LogP contribution in [0.3, 0.4) is 0 Å². The Morgan fingerprint density at radius 3 is 2.04 bits per heavy atom. The highest BCUT2D eigenvalue weighted by Gasteiger charge is 2.63. The molecule has 2 bridgehead atoms. The summed E-state index contributed by atoms with van der Waals surface area (Å²) in [5.74, 6) is -3.19. The number of halogens is 2. The Hall–Kier alpha value is -0.530. The number of esters is 1. The minimum atomic E-state index is -5.98. The summed E-state index contributed by atoms with van der Waals surface area (Å²) in [5, 5.41) is 24.4. The van der Waals surface area contributed by atoms with Crippen LogP contribution >= 0.6 is 11.8 Å². The highest BCUT2D eigenvalue weighted by molar-refractivity contribution is 8.01. The lowest BCUT2D eigenvalue weighted by Crippen LogP contribution is -2.54. The summed E-state index contributed by atoms with van der Waals surface area (Å²) in [5.41, 5.74) is -2.46. The maximum absolute atomic E-state index is 13.4. The summed E-state index contributed by atoms with van der Waals surface area (Å²) >= 11 is 1.32. The first-order chi connectivity index (χ1) is 11.9. The zero-order valence-corrected chi connectivity index (χ0v) is 16.8. The molecule has 12 heteroatoms. The third-order valence-electron chi connectivity index (χ3n) is 5.15. The maximum Gasteiger partial charge on any atom is 0.430 e. The third kappa shape index (κ3) is 4.10. The van der Waals surface area contributed by atoms with Crippen molar-refractivity contribution in [3.63, 3.8) is 0 Å². The molecule has 6 atom stereocenters. The van der Waals surface area contributed by atoms with Gasteiger partial charge in [-0.15, -0.1) is 0 Å². The van der Waals surface area contributed by atoms with Crippen molar-refractivity contribution in [2.75, 3.05) is 0 Å². The fraction of sp³-hybridized carbons (Fsp3) is 0.933. The van der Waals surface area contributed by atoms with E-state index in [4.69, 9.17) is 4.55 Å². The standard InChI is InChI=1S/C15H24F2O8S2/c1-13(2,20)8-7-5-6(10(26-7)9(8)14(3,4)21)11(18)25-12(19)15(16,17)27(22,23)24/h6-10,12,19-21H,5H2,1-4H3,(H,22,23,24)/t6?,7-,8?,9?,10?,12?/m1/s1. The molecule has 158 valence electrons. The summed E-state index contributed by atoms with van der Waals surface area (Å²) < 4.78 is 60.8. The molecule has 0 amide bonds. The molecule has 0 aliphatic carbocycles. The average Bonchev–Trinajstić information content (AvgIpc) is 3.02. The first kappa shape index (κ1) is 22.8.